The number of thioether (sulfide) groups is 1. The second-order valence-electron chi connectivity index (χ2n) is 9.62. The summed E-state index contributed by atoms with van der Waals surface area (Å²) in [5.74, 6) is 0.408. The van der Waals surface area contributed by atoms with Gasteiger partial charge in [-0.25, -0.2) is 0 Å². The van der Waals surface area contributed by atoms with Crippen molar-refractivity contribution in [2.45, 2.75) is 31.6 Å². The molecule has 4 saturated heterocycles. The number of fused-ring (bicyclic) bond motifs is 4. The Morgan fingerprint density at radius 1 is 1.19 bits per heavy atom. The molecule has 1 amide bonds. The average Bonchev–Trinajstić information content (AvgIpc) is 3.42. The number of piperidine rings is 3. The molecule has 0 unspecified atom stereocenters. The first-order chi connectivity index (χ1) is 17.7. The van der Waals surface area contributed by atoms with Crippen molar-refractivity contribution in [3.8, 4) is 0 Å². The van der Waals surface area contributed by atoms with E-state index < -0.39 is 11.7 Å². The number of benzene rings is 2. The standard InChI is InChI=1S/C26H23ClF3N5OS/c27-19-3-2-17(20(11-19)26(28,29)30)13-35-22-4-1-15(9-18(22)12-31-35)10-23-24(36)33-25(37-23)32-21-14-34-7-5-16(21)6-8-34/h1-4,9-12,16,21H,5-8,13-14H2,(H,32,33,36)/b23-10-/t21-/m0/s1. The molecule has 11 heteroatoms. The normalized spacial score (nSPS) is 25.9. The summed E-state index contributed by atoms with van der Waals surface area (Å²) in [4.78, 5) is 20.4. The second kappa shape index (κ2) is 9.49. The molecule has 1 N–H and O–H groups in total. The van der Waals surface area contributed by atoms with Crippen LogP contribution < -0.4 is 5.32 Å². The highest BCUT2D eigenvalue weighted by Gasteiger charge is 2.36. The molecule has 2 aromatic carbocycles. The number of carbonyl (C=O) groups excluding carboxylic acids is 1. The van der Waals surface area contributed by atoms with E-state index in [0.29, 0.717) is 21.5 Å². The third-order valence-electron chi connectivity index (χ3n) is 7.22. The van der Waals surface area contributed by atoms with E-state index in [-0.39, 0.29) is 29.1 Å². The van der Waals surface area contributed by atoms with Crippen molar-refractivity contribution in [1.82, 2.24) is 20.0 Å². The summed E-state index contributed by atoms with van der Waals surface area (Å²) in [5.41, 5.74) is 0.807. The van der Waals surface area contributed by atoms with Crippen LogP contribution in [0.1, 0.15) is 29.5 Å². The number of hydrogen-bond donors (Lipinski definition) is 1. The Kier molecular flexibility index (Phi) is 6.29. The van der Waals surface area contributed by atoms with E-state index in [1.807, 2.05) is 12.1 Å². The van der Waals surface area contributed by atoms with Gasteiger partial charge in [-0.05, 0) is 85.1 Å². The lowest BCUT2D eigenvalue weighted by atomic mass is 9.84. The number of rotatable bonds is 4. The fourth-order valence-electron chi connectivity index (χ4n) is 5.30. The molecule has 2 bridgehead atoms. The van der Waals surface area contributed by atoms with E-state index in [1.165, 1.54) is 28.6 Å². The molecule has 37 heavy (non-hydrogen) atoms. The molecule has 4 aliphatic rings. The largest absolute Gasteiger partial charge is 0.416 e. The minimum atomic E-state index is -4.52. The highest BCUT2D eigenvalue weighted by Crippen LogP contribution is 2.35. The fraction of sp³-hybridized carbons (Fsp3) is 0.346. The van der Waals surface area contributed by atoms with Gasteiger partial charge in [0.15, 0.2) is 5.17 Å². The molecule has 4 fully saturated rings. The van der Waals surface area contributed by atoms with Crippen LogP contribution in [0.3, 0.4) is 0 Å². The predicted molar refractivity (Wildman–Crippen MR) is 139 cm³/mol. The summed E-state index contributed by atoms with van der Waals surface area (Å²) in [6.45, 7) is 3.18. The molecule has 7 rings (SSSR count). The zero-order valence-corrected chi connectivity index (χ0v) is 21.2. The van der Waals surface area contributed by atoms with Crippen molar-refractivity contribution in [3.63, 3.8) is 0 Å². The van der Waals surface area contributed by atoms with Crippen LogP contribution in [0.15, 0.2) is 52.5 Å². The van der Waals surface area contributed by atoms with Gasteiger partial charge in [-0.1, -0.05) is 23.7 Å². The monoisotopic (exact) mass is 545 g/mol. The van der Waals surface area contributed by atoms with Gasteiger partial charge in [0.25, 0.3) is 5.91 Å². The number of aliphatic imine (C=N–C) groups is 1. The van der Waals surface area contributed by atoms with Crippen molar-refractivity contribution in [2.24, 2.45) is 10.9 Å². The van der Waals surface area contributed by atoms with Crippen LogP contribution in [-0.2, 0) is 17.5 Å². The lowest BCUT2D eigenvalue weighted by molar-refractivity contribution is -0.138. The molecule has 0 aliphatic carbocycles. The van der Waals surface area contributed by atoms with Crippen LogP contribution in [0, 0.1) is 5.92 Å². The van der Waals surface area contributed by atoms with E-state index in [1.54, 1.807) is 18.3 Å². The zero-order chi connectivity index (χ0) is 25.7. The van der Waals surface area contributed by atoms with Gasteiger partial charge in [0.2, 0.25) is 0 Å². The second-order valence-corrected chi connectivity index (χ2v) is 11.1. The Hall–Kier alpha value is -2.82. The number of hydrogen-bond acceptors (Lipinski definition) is 5. The Morgan fingerprint density at radius 2 is 2.00 bits per heavy atom. The first kappa shape index (κ1) is 24.5. The molecule has 192 valence electrons. The molecule has 6 nitrogen and oxygen atoms in total. The van der Waals surface area contributed by atoms with E-state index in [2.05, 4.69) is 15.3 Å². The number of amidine groups is 1. The Labute approximate surface area is 220 Å². The topological polar surface area (TPSA) is 62.5 Å². The van der Waals surface area contributed by atoms with Crippen LogP contribution in [0.5, 0.6) is 0 Å². The third-order valence-corrected chi connectivity index (χ3v) is 8.38. The summed E-state index contributed by atoms with van der Waals surface area (Å²) < 4.78 is 42.1. The van der Waals surface area contributed by atoms with E-state index in [4.69, 9.17) is 16.6 Å². The van der Waals surface area contributed by atoms with Crippen molar-refractivity contribution in [3.05, 3.63) is 69.2 Å². The average molecular weight is 546 g/mol. The number of aromatic nitrogens is 2. The van der Waals surface area contributed by atoms with E-state index >= 15 is 0 Å². The van der Waals surface area contributed by atoms with E-state index in [0.717, 1.165) is 49.5 Å². The molecule has 3 aromatic rings. The number of nitrogens with zero attached hydrogens (tertiary/aromatic N) is 4. The maximum absolute atomic E-state index is 13.5. The summed E-state index contributed by atoms with van der Waals surface area (Å²) in [5, 5.41) is 8.64. The van der Waals surface area contributed by atoms with Crippen LogP contribution in [0.25, 0.3) is 17.0 Å². The molecular weight excluding hydrogens is 523 g/mol. The number of nitrogens with one attached hydrogen (secondary N) is 1. The van der Waals surface area contributed by atoms with Gasteiger partial charge >= 0.3 is 6.18 Å². The summed E-state index contributed by atoms with van der Waals surface area (Å²) in [7, 11) is 0. The van der Waals surface area contributed by atoms with Crippen LogP contribution in [-0.4, -0.2) is 51.4 Å². The van der Waals surface area contributed by atoms with Gasteiger partial charge in [-0.15, -0.1) is 0 Å². The van der Waals surface area contributed by atoms with Crippen molar-refractivity contribution in [1.29, 1.82) is 0 Å². The molecule has 0 saturated carbocycles. The van der Waals surface area contributed by atoms with Gasteiger partial charge in [0, 0.05) is 17.0 Å². The quantitative estimate of drug-likeness (QED) is 0.445. The molecule has 1 aromatic heterocycles. The number of halogens is 4. The smallest absolute Gasteiger partial charge is 0.301 e. The molecule has 0 radical (unpaired) electrons. The van der Waals surface area contributed by atoms with Gasteiger partial charge in [-0.2, -0.15) is 18.3 Å². The number of carbonyl (C=O) groups is 1. The zero-order valence-electron chi connectivity index (χ0n) is 19.6. The number of alkyl halides is 3. The Morgan fingerprint density at radius 3 is 2.73 bits per heavy atom. The predicted octanol–water partition coefficient (Wildman–Crippen LogP) is 5.41. The van der Waals surface area contributed by atoms with Gasteiger partial charge < -0.3 is 10.2 Å². The van der Waals surface area contributed by atoms with E-state index in [9.17, 15) is 18.0 Å². The minimum absolute atomic E-state index is 0.0323. The Balaban J connectivity index is 1.21. The Bertz CT molecular complexity index is 1440. The molecule has 5 heterocycles. The lowest BCUT2D eigenvalue weighted by Gasteiger charge is -2.43. The van der Waals surface area contributed by atoms with Crippen molar-refractivity contribution < 1.29 is 18.0 Å². The summed E-state index contributed by atoms with van der Waals surface area (Å²) in [6, 6.07) is 9.49. The van der Waals surface area contributed by atoms with Crippen molar-refractivity contribution >= 4 is 51.4 Å². The van der Waals surface area contributed by atoms with Gasteiger partial charge in [0.1, 0.15) is 0 Å². The van der Waals surface area contributed by atoms with Crippen LogP contribution >= 0.6 is 23.4 Å². The highest BCUT2D eigenvalue weighted by atomic mass is 35.5. The molecule has 4 aliphatic heterocycles. The lowest BCUT2D eigenvalue weighted by Crippen LogP contribution is -2.50. The highest BCUT2D eigenvalue weighted by molar-refractivity contribution is 8.18. The summed E-state index contributed by atoms with van der Waals surface area (Å²) in [6.07, 6.45) is 1.22. The first-order valence-corrected chi connectivity index (χ1v) is 13.2. The van der Waals surface area contributed by atoms with Gasteiger partial charge in [0.05, 0.1) is 34.8 Å². The SMILES string of the molecule is O=C1NC(=N[C@H]2CN3CCC2CC3)S/C1=C\c1ccc2c(cnn2Cc2ccc(Cl)cc2C(F)(F)F)c1. The van der Waals surface area contributed by atoms with Crippen molar-refractivity contribution in [2.75, 3.05) is 19.6 Å². The maximum Gasteiger partial charge on any atom is 0.416 e. The van der Waals surface area contributed by atoms with Crippen LogP contribution in [0.4, 0.5) is 13.2 Å². The number of amides is 1. The minimum Gasteiger partial charge on any atom is -0.301 e. The first-order valence-electron chi connectivity index (χ1n) is 12.1. The molecule has 0 spiro atoms. The maximum atomic E-state index is 13.5. The van der Waals surface area contributed by atoms with Crippen LogP contribution in [0.2, 0.25) is 5.02 Å². The fourth-order valence-corrected chi connectivity index (χ4v) is 6.35. The third kappa shape index (κ3) is 5.02. The molecule has 1 atom stereocenters. The molecular formula is C26H23ClF3N5OS. The van der Waals surface area contributed by atoms with Gasteiger partial charge in [-0.3, -0.25) is 14.5 Å². The summed E-state index contributed by atoms with van der Waals surface area (Å²) >= 11 is 7.15.